The average Bonchev–Trinajstić information content (AvgIpc) is 2.73. The summed E-state index contributed by atoms with van der Waals surface area (Å²) >= 11 is 14.2. The summed E-state index contributed by atoms with van der Waals surface area (Å²) in [5, 5.41) is 0. The molecule has 2 rings (SSSR count). The van der Waals surface area contributed by atoms with Gasteiger partial charge in [0.15, 0.2) is 4.67 Å². The van der Waals surface area contributed by atoms with E-state index in [4.69, 9.17) is 16.0 Å². The van der Waals surface area contributed by atoms with Crippen LogP contribution < -0.4 is 0 Å². The maximum atomic E-state index is 5.85. The van der Waals surface area contributed by atoms with E-state index in [1.54, 1.807) is 11.3 Å². The summed E-state index contributed by atoms with van der Waals surface area (Å²) in [5.74, 6) is 0.871. The molecule has 1 atom stereocenters. The van der Waals surface area contributed by atoms with Crippen LogP contribution in [0.4, 0.5) is 0 Å². The van der Waals surface area contributed by atoms with E-state index in [-0.39, 0.29) is 4.83 Å². The highest BCUT2D eigenvalue weighted by Gasteiger charge is 2.15. The van der Waals surface area contributed by atoms with Gasteiger partial charge in [-0.3, -0.25) is 0 Å². The minimum atomic E-state index is 0.0753. The van der Waals surface area contributed by atoms with Crippen molar-refractivity contribution in [2.45, 2.75) is 4.83 Å². The lowest BCUT2D eigenvalue weighted by Crippen LogP contribution is -1.84. The summed E-state index contributed by atoms with van der Waals surface area (Å²) in [5.41, 5.74) is 0. The van der Waals surface area contributed by atoms with Crippen LogP contribution in [-0.2, 0) is 0 Å². The quantitative estimate of drug-likeness (QED) is 0.671. The second-order valence-electron chi connectivity index (χ2n) is 2.65. The normalized spacial score (nSPS) is 13.1. The largest absolute Gasteiger partial charge is 0.453 e. The lowest BCUT2D eigenvalue weighted by Gasteiger charge is -2.02. The third kappa shape index (κ3) is 2.24. The summed E-state index contributed by atoms with van der Waals surface area (Å²) in [6, 6.07) is 7.67. The number of hydrogen-bond donors (Lipinski definition) is 0. The van der Waals surface area contributed by atoms with Gasteiger partial charge in [0.05, 0.1) is 4.34 Å². The summed E-state index contributed by atoms with van der Waals surface area (Å²) < 4.78 is 6.97. The number of halogens is 3. The molecule has 0 N–H and O–H groups in total. The van der Waals surface area contributed by atoms with E-state index in [1.165, 1.54) is 0 Å². The second-order valence-corrected chi connectivity index (χ2v) is 6.09. The van der Waals surface area contributed by atoms with Crippen molar-refractivity contribution < 1.29 is 4.42 Å². The van der Waals surface area contributed by atoms with E-state index >= 15 is 0 Å². The monoisotopic (exact) mass is 354 g/mol. The molecular weight excluding hydrogens is 351 g/mol. The number of rotatable bonds is 2. The van der Waals surface area contributed by atoms with Gasteiger partial charge in [-0.15, -0.1) is 11.3 Å². The highest BCUT2D eigenvalue weighted by Crippen LogP contribution is 2.38. The molecule has 0 radical (unpaired) electrons. The molecular formula is C9H5Br2ClOS. The fourth-order valence-corrected chi connectivity index (χ4v) is 3.11. The SMILES string of the molecule is Clc1ccc(C(Br)c2ccc(Br)o2)s1. The first-order chi connectivity index (χ1) is 6.66. The molecule has 0 amide bonds. The van der Waals surface area contributed by atoms with Crippen LogP contribution in [0, 0.1) is 0 Å². The van der Waals surface area contributed by atoms with E-state index in [0.29, 0.717) is 0 Å². The molecule has 0 aliphatic rings. The summed E-state index contributed by atoms with van der Waals surface area (Å²) in [7, 11) is 0. The first-order valence-electron chi connectivity index (χ1n) is 3.81. The van der Waals surface area contributed by atoms with Crippen molar-refractivity contribution in [2.24, 2.45) is 0 Å². The predicted octanol–water partition coefficient (Wildman–Crippen LogP) is 5.24. The number of furan rings is 1. The Morgan fingerprint density at radius 1 is 1.29 bits per heavy atom. The van der Waals surface area contributed by atoms with Crippen molar-refractivity contribution in [3.8, 4) is 0 Å². The lowest BCUT2D eigenvalue weighted by molar-refractivity contribution is 0.498. The van der Waals surface area contributed by atoms with Gasteiger partial charge in [0, 0.05) is 4.88 Å². The molecule has 1 unspecified atom stereocenters. The van der Waals surface area contributed by atoms with Gasteiger partial charge in [-0.2, -0.15) is 0 Å². The first kappa shape index (κ1) is 10.7. The zero-order valence-corrected chi connectivity index (χ0v) is 11.6. The topological polar surface area (TPSA) is 13.1 Å². The molecule has 14 heavy (non-hydrogen) atoms. The molecule has 0 saturated heterocycles. The van der Waals surface area contributed by atoms with Crippen molar-refractivity contribution in [3.63, 3.8) is 0 Å². The number of thiophene rings is 1. The lowest BCUT2D eigenvalue weighted by atomic mass is 10.3. The molecule has 5 heteroatoms. The van der Waals surface area contributed by atoms with Gasteiger partial charge in [0.1, 0.15) is 10.6 Å². The second kappa shape index (κ2) is 4.39. The van der Waals surface area contributed by atoms with Crippen LogP contribution in [0.1, 0.15) is 15.5 Å². The number of hydrogen-bond acceptors (Lipinski definition) is 2. The van der Waals surface area contributed by atoms with Crippen molar-refractivity contribution in [3.05, 3.63) is 43.9 Å². The van der Waals surface area contributed by atoms with Crippen LogP contribution >= 0.6 is 54.8 Å². The molecule has 0 aromatic carbocycles. The Morgan fingerprint density at radius 2 is 2.07 bits per heavy atom. The van der Waals surface area contributed by atoms with Crippen molar-refractivity contribution in [1.82, 2.24) is 0 Å². The van der Waals surface area contributed by atoms with Crippen molar-refractivity contribution >= 4 is 54.8 Å². The van der Waals surface area contributed by atoms with Crippen LogP contribution in [0.15, 0.2) is 33.4 Å². The van der Waals surface area contributed by atoms with Crippen LogP contribution in [0.5, 0.6) is 0 Å². The van der Waals surface area contributed by atoms with Crippen LogP contribution in [0.25, 0.3) is 0 Å². The Morgan fingerprint density at radius 3 is 2.57 bits per heavy atom. The highest BCUT2D eigenvalue weighted by molar-refractivity contribution is 9.10. The van der Waals surface area contributed by atoms with Gasteiger partial charge in [-0.25, -0.2) is 0 Å². The smallest absolute Gasteiger partial charge is 0.169 e. The maximum absolute atomic E-state index is 5.85. The van der Waals surface area contributed by atoms with E-state index < -0.39 is 0 Å². The fourth-order valence-electron chi connectivity index (χ4n) is 1.07. The third-order valence-corrected chi connectivity index (χ3v) is 4.66. The standard InChI is InChI=1S/C9H5Br2ClOS/c10-7-3-1-5(13-7)9(11)6-2-4-8(12)14-6/h1-4,9H. The van der Waals surface area contributed by atoms with Gasteiger partial charge >= 0.3 is 0 Å². The molecule has 74 valence electrons. The van der Waals surface area contributed by atoms with Crippen LogP contribution in [-0.4, -0.2) is 0 Å². The molecule has 0 saturated carbocycles. The Bertz CT molecular complexity index is 397. The van der Waals surface area contributed by atoms with E-state index in [1.807, 2.05) is 24.3 Å². The average molecular weight is 356 g/mol. The molecule has 0 fully saturated rings. The molecule has 0 aliphatic carbocycles. The van der Waals surface area contributed by atoms with Gasteiger partial charge in [-0.1, -0.05) is 27.5 Å². The number of alkyl halides is 1. The molecule has 1 nitrogen and oxygen atoms in total. The van der Waals surface area contributed by atoms with E-state index in [0.717, 1.165) is 19.6 Å². The first-order valence-corrected chi connectivity index (χ1v) is 6.71. The zero-order chi connectivity index (χ0) is 10.1. The van der Waals surface area contributed by atoms with E-state index in [9.17, 15) is 0 Å². The van der Waals surface area contributed by atoms with E-state index in [2.05, 4.69) is 31.9 Å². The summed E-state index contributed by atoms with van der Waals surface area (Å²) in [6.45, 7) is 0. The van der Waals surface area contributed by atoms with Gasteiger partial charge in [0.25, 0.3) is 0 Å². The molecule has 2 aromatic rings. The fraction of sp³-hybridized carbons (Fsp3) is 0.111. The molecule has 0 spiro atoms. The Kier molecular flexibility index (Phi) is 3.37. The molecule has 0 aliphatic heterocycles. The maximum Gasteiger partial charge on any atom is 0.169 e. The Balaban J connectivity index is 2.28. The van der Waals surface area contributed by atoms with Gasteiger partial charge in [-0.05, 0) is 40.2 Å². The molecule has 2 heterocycles. The Labute approximate surface area is 107 Å². The van der Waals surface area contributed by atoms with Crippen molar-refractivity contribution in [2.75, 3.05) is 0 Å². The highest BCUT2D eigenvalue weighted by atomic mass is 79.9. The predicted molar refractivity (Wildman–Crippen MR) is 66.5 cm³/mol. The molecule has 0 bridgehead atoms. The summed E-state index contributed by atoms with van der Waals surface area (Å²) in [4.78, 5) is 1.21. The van der Waals surface area contributed by atoms with Gasteiger partial charge < -0.3 is 4.42 Å². The molecule has 2 aromatic heterocycles. The summed E-state index contributed by atoms with van der Waals surface area (Å²) in [6.07, 6.45) is 0. The van der Waals surface area contributed by atoms with Crippen LogP contribution in [0.3, 0.4) is 0 Å². The van der Waals surface area contributed by atoms with Crippen LogP contribution in [0.2, 0.25) is 4.34 Å². The van der Waals surface area contributed by atoms with Gasteiger partial charge in [0.2, 0.25) is 0 Å². The van der Waals surface area contributed by atoms with Crippen molar-refractivity contribution in [1.29, 1.82) is 0 Å². The minimum Gasteiger partial charge on any atom is -0.453 e. The zero-order valence-electron chi connectivity index (χ0n) is 6.84. The Hall–Kier alpha value is 0.230. The third-order valence-electron chi connectivity index (χ3n) is 1.69. The minimum absolute atomic E-state index is 0.0753.